The van der Waals surface area contributed by atoms with Crippen molar-refractivity contribution in [3.63, 3.8) is 0 Å². The molecule has 0 bridgehead atoms. The normalized spacial score (nSPS) is 22.8. The average molecular weight is 388 g/mol. The number of para-hydroxylation sites is 1. The third-order valence-electron chi connectivity index (χ3n) is 5.61. The Morgan fingerprint density at radius 1 is 1.15 bits per heavy atom. The molecule has 2 atom stereocenters. The van der Waals surface area contributed by atoms with E-state index in [0.717, 1.165) is 11.6 Å². The largest absolute Gasteiger partial charge is 0.315 e. The molecule has 0 radical (unpaired) electrons. The van der Waals surface area contributed by atoms with Crippen LogP contribution in [-0.4, -0.2) is 38.1 Å². The Bertz CT molecular complexity index is 782. The lowest BCUT2D eigenvalue weighted by atomic mass is 9.96. The summed E-state index contributed by atoms with van der Waals surface area (Å²) in [6.07, 6.45) is 3.85. The van der Waals surface area contributed by atoms with E-state index in [2.05, 4.69) is 65.0 Å². The first-order valence-corrected chi connectivity index (χ1v) is 10.5. The van der Waals surface area contributed by atoms with E-state index in [0.29, 0.717) is 6.04 Å². The van der Waals surface area contributed by atoms with Crippen molar-refractivity contribution < 1.29 is 0 Å². The van der Waals surface area contributed by atoms with E-state index in [-0.39, 0.29) is 6.04 Å². The molecule has 0 aromatic heterocycles. The van der Waals surface area contributed by atoms with E-state index >= 15 is 0 Å². The average Bonchev–Trinajstić information content (AvgIpc) is 3.00. The Balaban J connectivity index is 1.62. The highest BCUT2D eigenvalue weighted by Gasteiger charge is 2.27. The molecular weight excluding hydrogens is 362 g/mol. The number of hydrogen-bond donors (Lipinski definition) is 1. The summed E-state index contributed by atoms with van der Waals surface area (Å²) in [5.41, 5.74) is 3.92. The molecule has 1 N–H and O–H groups in total. The number of fused-ring (bicyclic) bond motifs is 2. The summed E-state index contributed by atoms with van der Waals surface area (Å²) in [5, 5.41) is 4.65. The van der Waals surface area contributed by atoms with Gasteiger partial charge in [-0.3, -0.25) is 0 Å². The van der Waals surface area contributed by atoms with Crippen LogP contribution in [0.5, 0.6) is 0 Å². The van der Waals surface area contributed by atoms with Gasteiger partial charge in [-0.25, -0.2) is 0 Å². The van der Waals surface area contributed by atoms with Gasteiger partial charge in [0.1, 0.15) is 0 Å². The van der Waals surface area contributed by atoms with Crippen molar-refractivity contribution in [2.75, 3.05) is 31.5 Å². The van der Waals surface area contributed by atoms with E-state index < -0.39 is 0 Å². The fraction of sp³-hybridized carbons (Fsp3) is 0.429. The molecule has 2 aromatic rings. The molecular formula is C21H26ClN3S. The molecule has 2 aliphatic rings. The zero-order valence-corrected chi connectivity index (χ0v) is 17.0. The van der Waals surface area contributed by atoms with Crippen LogP contribution in [0.3, 0.4) is 0 Å². The van der Waals surface area contributed by atoms with E-state index in [1.165, 1.54) is 47.5 Å². The molecule has 26 heavy (non-hydrogen) atoms. The third kappa shape index (κ3) is 3.61. The minimum atomic E-state index is 0.197. The smallest absolute Gasteiger partial charge is 0.0609 e. The number of anilines is 1. The number of likely N-dealkylation sites (tertiary alicyclic amines) is 1. The SMILES string of the molecule is CN1Sc2cc(Cl)ccc2C(NCCC2CCCN2C)c2ccccc21. The maximum atomic E-state index is 6.29. The monoisotopic (exact) mass is 387 g/mol. The summed E-state index contributed by atoms with van der Waals surface area (Å²) >= 11 is 8.04. The quantitative estimate of drug-likeness (QED) is 0.747. The minimum absolute atomic E-state index is 0.197. The van der Waals surface area contributed by atoms with Crippen LogP contribution in [0.25, 0.3) is 0 Å². The Morgan fingerprint density at radius 3 is 2.81 bits per heavy atom. The molecule has 4 rings (SSSR count). The van der Waals surface area contributed by atoms with Crippen molar-refractivity contribution in [2.45, 2.75) is 36.2 Å². The second-order valence-corrected chi connectivity index (χ2v) is 8.89. The fourth-order valence-electron chi connectivity index (χ4n) is 4.17. The number of nitrogens with one attached hydrogen (secondary N) is 1. The molecule has 2 aromatic carbocycles. The van der Waals surface area contributed by atoms with E-state index in [9.17, 15) is 0 Å². The lowest BCUT2D eigenvalue weighted by Gasteiger charge is -2.24. The van der Waals surface area contributed by atoms with Crippen molar-refractivity contribution >= 4 is 29.2 Å². The maximum absolute atomic E-state index is 6.29. The topological polar surface area (TPSA) is 18.5 Å². The van der Waals surface area contributed by atoms with Crippen LogP contribution in [0, 0.1) is 0 Å². The Kier molecular flexibility index (Phi) is 5.46. The van der Waals surface area contributed by atoms with E-state index in [1.807, 2.05) is 6.07 Å². The van der Waals surface area contributed by atoms with Crippen molar-refractivity contribution in [2.24, 2.45) is 0 Å². The first kappa shape index (κ1) is 18.2. The van der Waals surface area contributed by atoms with Gasteiger partial charge in [0.15, 0.2) is 0 Å². The van der Waals surface area contributed by atoms with Gasteiger partial charge in [-0.1, -0.05) is 35.9 Å². The van der Waals surface area contributed by atoms with Gasteiger partial charge in [-0.2, -0.15) is 0 Å². The number of halogens is 1. The van der Waals surface area contributed by atoms with E-state index in [1.54, 1.807) is 11.9 Å². The van der Waals surface area contributed by atoms with Crippen molar-refractivity contribution in [3.05, 3.63) is 58.6 Å². The van der Waals surface area contributed by atoms with Gasteiger partial charge in [-0.05, 0) is 80.7 Å². The fourth-order valence-corrected chi connectivity index (χ4v) is 5.43. The van der Waals surface area contributed by atoms with Crippen LogP contribution in [0.15, 0.2) is 47.4 Å². The summed E-state index contributed by atoms with van der Waals surface area (Å²) in [6, 6.07) is 15.9. The molecule has 1 saturated heterocycles. The molecule has 0 aliphatic carbocycles. The Labute approximate surface area is 165 Å². The molecule has 138 valence electrons. The molecule has 0 spiro atoms. The predicted molar refractivity (Wildman–Crippen MR) is 112 cm³/mol. The Morgan fingerprint density at radius 2 is 2.00 bits per heavy atom. The summed E-state index contributed by atoms with van der Waals surface area (Å²) in [7, 11) is 4.38. The van der Waals surface area contributed by atoms with Gasteiger partial charge >= 0.3 is 0 Å². The van der Waals surface area contributed by atoms with Crippen LogP contribution < -0.4 is 9.62 Å². The van der Waals surface area contributed by atoms with E-state index in [4.69, 9.17) is 11.6 Å². The van der Waals surface area contributed by atoms with Gasteiger partial charge in [-0.15, -0.1) is 0 Å². The third-order valence-corrected chi connectivity index (χ3v) is 6.86. The van der Waals surface area contributed by atoms with Gasteiger partial charge in [0, 0.05) is 23.0 Å². The van der Waals surface area contributed by atoms with Crippen molar-refractivity contribution in [1.82, 2.24) is 10.2 Å². The molecule has 2 heterocycles. The molecule has 0 amide bonds. The molecule has 2 unspecified atom stereocenters. The van der Waals surface area contributed by atoms with Crippen molar-refractivity contribution in [3.8, 4) is 0 Å². The van der Waals surface area contributed by atoms with Crippen LogP contribution in [-0.2, 0) is 0 Å². The lowest BCUT2D eigenvalue weighted by molar-refractivity contribution is 0.291. The summed E-state index contributed by atoms with van der Waals surface area (Å²) in [5.74, 6) is 0. The molecule has 5 heteroatoms. The molecule has 3 nitrogen and oxygen atoms in total. The molecule has 2 aliphatic heterocycles. The standard InChI is InChI=1S/C21H26ClN3S/c1-24-13-5-6-16(24)11-12-23-21-17-7-3-4-8-19(17)25(2)26-20-14-15(22)9-10-18(20)21/h3-4,7-10,14,16,21,23H,5-6,11-13H2,1-2H3. The Hall–Kier alpha value is -1.20. The van der Waals surface area contributed by atoms with Gasteiger partial charge < -0.3 is 14.5 Å². The molecule has 0 saturated carbocycles. The highest BCUT2D eigenvalue weighted by Crippen LogP contribution is 2.43. The van der Waals surface area contributed by atoms with Gasteiger partial charge in [0.05, 0.1) is 11.7 Å². The summed E-state index contributed by atoms with van der Waals surface area (Å²) in [4.78, 5) is 3.73. The zero-order chi connectivity index (χ0) is 18.1. The second kappa shape index (κ2) is 7.81. The number of rotatable bonds is 4. The highest BCUT2D eigenvalue weighted by atomic mass is 35.5. The predicted octanol–water partition coefficient (Wildman–Crippen LogP) is 4.96. The number of nitrogens with zero attached hydrogens (tertiary/aromatic N) is 2. The first-order valence-electron chi connectivity index (χ1n) is 9.37. The summed E-state index contributed by atoms with van der Waals surface area (Å²) < 4.78 is 2.25. The van der Waals surface area contributed by atoms with Gasteiger partial charge in [0.25, 0.3) is 0 Å². The second-order valence-electron chi connectivity index (χ2n) is 7.28. The molecule has 1 fully saturated rings. The van der Waals surface area contributed by atoms with Crippen LogP contribution >= 0.6 is 23.5 Å². The van der Waals surface area contributed by atoms with Crippen LogP contribution in [0.1, 0.15) is 36.4 Å². The zero-order valence-electron chi connectivity index (χ0n) is 15.4. The van der Waals surface area contributed by atoms with Crippen molar-refractivity contribution in [1.29, 1.82) is 0 Å². The maximum Gasteiger partial charge on any atom is 0.0609 e. The number of hydrogen-bond acceptors (Lipinski definition) is 4. The van der Waals surface area contributed by atoms with Crippen LogP contribution in [0.4, 0.5) is 5.69 Å². The van der Waals surface area contributed by atoms with Crippen LogP contribution in [0.2, 0.25) is 5.02 Å². The summed E-state index contributed by atoms with van der Waals surface area (Å²) in [6.45, 7) is 2.25. The highest BCUT2D eigenvalue weighted by molar-refractivity contribution is 8.00. The minimum Gasteiger partial charge on any atom is -0.315 e. The first-order chi connectivity index (χ1) is 12.6. The number of benzene rings is 2. The lowest BCUT2D eigenvalue weighted by Crippen LogP contribution is -2.31. The van der Waals surface area contributed by atoms with Gasteiger partial charge in [0.2, 0.25) is 0 Å².